The molecule has 1 aromatic rings. The minimum Gasteiger partial charge on any atom is -0.415 e. The Morgan fingerprint density at radius 2 is 1.48 bits per heavy atom. The SMILES string of the molecule is CC(C)(C)[Si](C)(C)OCC1(S(=O)(=O)C2(COCc3ccccc3)CC2)CC1. The summed E-state index contributed by atoms with van der Waals surface area (Å²) in [6, 6.07) is 9.92. The Kier molecular flexibility index (Phi) is 5.43. The maximum atomic E-state index is 13.5. The lowest BCUT2D eigenvalue weighted by atomic mass is 10.2. The molecule has 0 radical (unpaired) electrons. The van der Waals surface area contributed by atoms with Gasteiger partial charge in [0.05, 0.1) is 29.3 Å². The second-order valence-corrected chi connectivity index (χ2v) is 17.4. The molecule has 0 unspecified atom stereocenters. The van der Waals surface area contributed by atoms with Gasteiger partial charge in [0.1, 0.15) is 0 Å². The van der Waals surface area contributed by atoms with Crippen LogP contribution < -0.4 is 0 Å². The summed E-state index contributed by atoms with van der Waals surface area (Å²) in [6.45, 7) is 12.0. The standard InChI is InChI=1S/C21H34O4SSi/c1-19(2,3)27(4,5)25-17-21(13-14-21)26(22,23)20(11-12-20)16-24-15-18-9-7-6-8-10-18/h6-10H,11-17H2,1-5H3. The van der Waals surface area contributed by atoms with Crippen molar-refractivity contribution in [2.75, 3.05) is 13.2 Å². The first kappa shape index (κ1) is 21.0. The van der Waals surface area contributed by atoms with Crippen LogP contribution >= 0.6 is 0 Å². The predicted octanol–water partition coefficient (Wildman–Crippen LogP) is 4.71. The van der Waals surface area contributed by atoms with Crippen LogP contribution in [-0.2, 0) is 25.6 Å². The normalized spacial score (nSPS) is 21.1. The van der Waals surface area contributed by atoms with Gasteiger partial charge in [0.25, 0.3) is 0 Å². The lowest BCUT2D eigenvalue weighted by molar-refractivity contribution is 0.115. The van der Waals surface area contributed by atoms with Crippen molar-refractivity contribution in [3.63, 3.8) is 0 Å². The second kappa shape index (κ2) is 6.97. The van der Waals surface area contributed by atoms with Crippen LogP contribution in [0.15, 0.2) is 30.3 Å². The number of hydrogen-bond acceptors (Lipinski definition) is 4. The van der Waals surface area contributed by atoms with Gasteiger partial charge in [-0.15, -0.1) is 0 Å². The lowest BCUT2D eigenvalue weighted by Crippen LogP contribution is -2.47. The Bertz CT molecular complexity index is 757. The molecule has 1 aromatic carbocycles. The van der Waals surface area contributed by atoms with Crippen LogP contribution in [0.2, 0.25) is 18.1 Å². The molecule has 152 valence electrons. The maximum Gasteiger partial charge on any atom is 0.192 e. The lowest BCUT2D eigenvalue weighted by Gasteiger charge is -2.37. The zero-order valence-corrected chi connectivity index (χ0v) is 19.2. The van der Waals surface area contributed by atoms with Crippen LogP contribution in [0.25, 0.3) is 0 Å². The van der Waals surface area contributed by atoms with Crippen molar-refractivity contribution in [1.82, 2.24) is 0 Å². The van der Waals surface area contributed by atoms with E-state index in [1.807, 2.05) is 30.3 Å². The van der Waals surface area contributed by atoms with Crippen LogP contribution in [-0.4, -0.2) is 39.4 Å². The van der Waals surface area contributed by atoms with E-state index in [2.05, 4.69) is 33.9 Å². The van der Waals surface area contributed by atoms with Gasteiger partial charge in [-0.1, -0.05) is 51.1 Å². The van der Waals surface area contributed by atoms with E-state index < -0.39 is 27.6 Å². The fourth-order valence-electron chi connectivity index (χ4n) is 3.18. The molecule has 0 amide bonds. The van der Waals surface area contributed by atoms with Gasteiger partial charge in [-0.25, -0.2) is 8.42 Å². The van der Waals surface area contributed by atoms with Crippen LogP contribution in [0.5, 0.6) is 0 Å². The number of rotatable bonds is 9. The van der Waals surface area contributed by atoms with Crippen LogP contribution in [0.3, 0.4) is 0 Å². The molecule has 0 spiro atoms. The van der Waals surface area contributed by atoms with E-state index >= 15 is 0 Å². The zero-order valence-electron chi connectivity index (χ0n) is 17.4. The highest BCUT2D eigenvalue weighted by molar-refractivity contribution is 7.94. The summed E-state index contributed by atoms with van der Waals surface area (Å²) < 4.78 is 37.7. The minimum atomic E-state index is -3.27. The van der Waals surface area contributed by atoms with E-state index in [-0.39, 0.29) is 5.04 Å². The highest BCUT2D eigenvalue weighted by Crippen LogP contribution is 2.57. The molecule has 2 saturated carbocycles. The molecule has 0 saturated heterocycles. The molecule has 0 aromatic heterocycles. The first-order valence-corrected chi connectivity index (χ1v) is 14.3. The van der Waals surface area contributed by atoms with Crippen molar-refractivity contribution in [3.8, 4) is 0 Å². The average molecular weight is 411 g/mol. The first-order valence-electron chi connectivity index (χ1n) is 9.95. The van der Waals surface area contributed by atoms with Gasteiger partial charge in [0.2, 0.25) is 0 Å². The van der Waals surface area contributed by atoms with E-state index in [0.29, 0.717) is 32.7 Å². The van der Waals surface area contributed by atoms with E-state index in [0.717, 1.165) is 18.4 Å². The minimum absolute atomic E-state index is 0.0862. The summed E-state index contributed by atoms with van der Waals surface area (Å²) in [5.41, 5.74) is 1.08. The highest BCUT2D eigenvalue weighted by Gasteiger charge is 2.67. The molecule has 2 fully saturated rings. The topological polar surface area (TPSA) is 52.6 Å². The molecular weight excluding hydrogens is 376 g/mol. The highest BCUT2D eigenvalue weighted by atomic mass is 32.2. The summed E-state index contributed by atoms with van der Waals surface area (Å²) in [5.74, 6) is 0. The summed E-state index contributed by atoms with van der Waals surface area (Å²) >= 11 is 0. The van der Waals surface area contributed by atoms with E-state index in [1.165, 1.54) is 0 Å². The van der Waals surface area contributed by atoms with Crippen LogP contribution in [0, 0.1) is 0 Å². The smallest absolute Gasteiger partial charge is 0.192 e. The summed E-state index contributed by atoms with van der Waals surface area (Å²) in [4.78, 5) is 0. The van der Waals surface area contributed by atoms with Crippen molar-refractivity contribution >= 4 is 18.2 Å². The molecule has 0 N–H and O–H groups in total. The van der Waals surface area contributed by atoms with Crippen molar-refractivity contribution < 1.29 is 17.6 Å². The van der Waals surface area contributed by atoms with Gasteiger partial charge in [-0.05, 0) is 49.4 Å². The quantitative estimate of drug-likeness (QED) is 0.554. The van der Waals surface area contributed by atoms with Gasteiger partial charge in [0, 0.05) is 0 Å². The maximum absolute atomic E-state index is 13.5. The molecular formula is C21H34O4SSi. The summed E-state index contributed by atoms with van der Waals surface area (Å²) in [5, 5.41) is 0.0862. The number of benzene rings is 1. The van der Waals surface area contributed by atoms with Crippen molar-refractivity contribution in [2.45, 2.75) is 80.7 Å². The van der Waals surface area contributed by atoms with Crippen molar-refractivity contribution in [3.05, 3.63) is 35.9 Å². The average Bonchev–Trinajstić information content (AvgIpc) is 3.48. The molecule has 0 aliphatic heterocycles. The number of ether oxygens (including phenoxy) is 1. The monoisotopic (exact) mass is 410 g/mol. The fourth-order valence-corrected chi connectivity index (χ4v) is 7.00. The van der Waals surface area contributed by atoms with Crippen molar-refractivity contribution in [1.29, 1.82) is 0 Å². The largest absolute Gasteiger partial charge is 0.415 e. The Labute approximate surface area is 165 Å². The fraction of sp³-hybridized carbons (Fsp3) is 0.714. The molecule has 4 nitrogen and oxygen atoms in total. The van der Waals surface area contributed by atoms with Gasteiger partial charge in [-0.2, -0.15) is 0 Å². The second-order valence-electron chi connectivity index (χ2n) is 9.90. The molecule has 2 aliphatic rings. The van der Waals surface area contributed by atoms with Gasteiger partial charge in [-0.3, -0.25) is 0 Å². The van der Waals surface area contributed by atoms with Crippen molar-refractivity contribution in [2.24, 2.45) is 0 Å². The van der Waals surface area contributed by atoms with E-state index in [1.54, 1.807) is 0 Å². The van der Waals surface area contributed by atoms with Gasteiger partial charge < -0.3 is 9.16 Å². The Balaban J connectivity index is 1.63. The Hall–Kier alpha value is -0.693. The number of sulfone groups is 1. The third kappa shape index (κ3) is 4.04. The molecule has 3 rings (SSSR count). The summed E-state index contributed by atoms with van der Waals surface area (Å²) in [7, 11) is -5.22. The molecule has 6 heteroatoms. The third-order valence-corrected chi connectivity index (χ3v) is 14.5. The molecule has 0 heterocycles. The Morgan fingerprint density at radius 3 is 1.96 bits per heavy atom. The Morgan fingerprint density at radius 1 is 0.963 bits per heavy atom. The molecule has 27 heavy (non-hydrogen) atoms. The molecule has 0 bridgehead atoms. The van der Waals surface area contributed by atoms with Crippen LogP contribution in [0.4, 0.5) is 0 Å². The van der Waals surface area contributed by atoms with E-state index in [9.17, 15) is 8.42 Å². The first-order chi connectivity index (χ1) is 12.4. The predicted molar refractivity (Wildman–Crippen MR) is 112 cm³/mol. The zero-order chi connectivity index (χ0) is 20.0. The van der Waals surface area contributed by atoms with Gasteiger partial charge in [0.15, 0.2) is 18.2 Å². The van der Waals surface area contributed by atoms with Crippen LogP contribution in [0.1, 0.15) is 52.0 Å². The third-order valence-electron chi connectivity index (χ3n) is 6.73. The van der Waals surface area contributed by atoms with Gasteiger partial charge >= 0.3 is 0 Å². The number of hydrogen-bond donors (Lipinski definition) is 0. The summed E-state index contributed by atoms with van der Waals surface area (Å²) in [6.07, 6.45) is 2.88. The van der Waals surface area contributed by atoms with E-state index in [4.69, 9.17) is 9.16 Å². The molecule has 2 aliphatic carbocycles. The molecule has 0 atom stereocenters.